The molecule has 0 saturated heterocycles. The summed E-state index contributed by atoms with van der Waals surface area (Å²) in [4.78, 5) is 4.94. The van der Waals surface area contributed by atoms with Gasteiger partial charge in [0.1, 0.15) is 5.82 Å². The fourth-order valence-electron chi connectivity index (χ4n) is 3.76. The molecule has 0 radical (unpaired) electrons. The maximum atomic E-state index is 5.81. The van der Waals surface area contributed by atoms with Crippen molar-refractivity contribution >= 4 is 21.8 Å². The first-order valence-corrected chi connectivity index (χ1v) is 9.94. The molecule has 0 aliphatic rings. The van der Waals surface area contributed by atoms with Gasteiger partial charge in [0.15, 0.2) is 6.29 Å². The minimum absolute atomic E-state index is 0.279. The van der Waals surface area contributed by atoms with Gasteiger partial charge in [0.05, 0.1) is 17.6 Å². The van der Waals surface area contributed by atoms with Crippen molar-refractivity contribution in [1.29, 1.82) is 0 Å². The van der Waals surface area contributed by atoms with Crippen molar-refractivity contribution in [3.05, 3.63) is 78.1 Å². The highest BCUT2D eigenvalue weighted by atomic mass is 16.7. The average Bonchev–Trinajstić information content (AvgIpc) is 3.06. The second-order valence-electron chi connectivity index (χ2n) is 6.78. The van der Waals surface area contributed by atoms with E-state index < -0.39 is 0 Å². The standard InChI is InChI=1S/C24H26N2O2/c1-3-27-24(28-4-2)17-26-22-15-8-7-14-21(22)25-23(26)16-19-12-9-11-18-10-5-6-13-20(18)19/h5-15,24H,3-4,16-17H2,1-2H3. The van der Waals surface area contributed by atoms with Gasteiger partial charge in [-0.25, -0.2) is 4.98 Å². The summed E-state index contributed by atoms with van der Waals surface area (Å²) in [5.74, 6) is 1.03. The van der Waals surface area contributed by atoms with Crippen LogP contribution in [0.15, 0.2) is 66.7 Å². The summed E-state index contributed by atoms with van der Waals surface area (Å²) in [5.41, 5.74) is 3.39. The lowest BCUT2D eigenvalue weighted by Crippen LogP contribution is -2.24. The zero-order valence-electron chi connectivity index (χ0n) is 16.5. The van der Waals surface area contributed by atoms with Gasteiger partial charge in [-0.15, -0.1) is 0 Å². The fraction of sp³-hybridized carbons (Fsp3) is 0.292. The van der Waals surface area contributed by atoms with Gasteiger partial charge in [-0.3, -0.25) is 0 Å². The normalized spacial score (nSPS) is 11.7. The fourth-order valence-corrected chi connectivity index (χ4v) is 3.76. The first kappa shape index (κ1) is 18.7. The molecule has 0 saturated carbocycles. The molecule has 0 aliphatic heterocycles. The topological polar surface area (TPSA) is 36.3 Å². The lowest BCUT2D eigenvalue weighted by atomic mass is 10.0. The minimum Gasteiger partial charge on any atom is -0.351 e. The van der Waals surface area contributed by atoms with E-state index in [9.17, 15) is 0 Å². The highest BCUT2D eigenvalue weighted by Crippen LogP contribution is 2.24. The highest BCUT2D eigenvalue weighted by molar-refractivity contribution is 5.86. The lowest BCUT2D eigenvalue weighted by Gasteiger charge is -2.19. The number of imidazole rings is 1. The van der Waals surface area contributed by atoms with Crippen molar-refractivity contribution in [2.24, 2.45) is 0 Å². The number of aromatic nitrogens is 2. The van der Waals surface area contributed by atoms with Gasteiger partial charge in [0, 0.05) is 19.6 Å². The van der Waals surface area contributed by atoms with Crippen LogP contribution in [0.3, 0.4) is 0 Å². The Balaban J connectivity index is 1.75. The number of hydrogen-bond donors (Lipinski definition) is 0. The number of nitrogens with zero attached hydrogens (tertiary/aromatic N) is 2. The Morgan fingerprint density at radius 2 is 1.57 bits per heavy atom. The van der Waals surface area contributed by atoms with E-state index in [4.69, 9.17) is 14.5 Å². The van der Waals surface area contributed by atoms with Crippen molar-refractivity contribution in [2.75, 3.05) is 13.2 Å². The third-order valence-corrected chi connectivity index (χ3v) is 5.00. The maximum absolute atomic E-state index is 5.81. The maximum Gasteiger partial charge on any atom is 0.175 e. The van der Waals surface area contributed by atoms with Crippen molar-refractivity contribution < 1.29 is 9.47 Å². The molecular weight excluding hydrogens is 348 g/mol. The smallest absolute Gasteiger partial charge is 0.175 e. The van der Waals surface area contributed by atoms with Gasteiger partial charge >= 0.3 is 0 Å². The molecule has 1 heterocycles. The molecule has 0 amide bonds. The number of hydrogen-bond acceptors (Lipinski definition) is 3. The molecule has 4 heteroatoms. The Labute approximate surface area is 165 Å². The Kier molecular flexibility index (Phi) is 5.70. The number of fused-ring (bicyclic) bond motifs is 2. The van der Waals surface area contributed by atoms with Crippen molar-refractivity contribution in [3.8, 4) is 0 Å². The van der Waals surface area contributed by atoms with E-state index in [0.29, 0.717) is 19.8 Å². The summed E-state index contributed by atoms with van der Waals surface area (Å²) < 4.78 is 13.9. The van der Waals surface area contributed by atoms with Crippen LogP contribution < -0.4 is 0 Å². The Morgan fingerprint density at radius 3 is 2.39 bits per heavy atom. The SMILES string of the molecule is CCOC(Cn1c(Cc2cccc3ccccc23)nc2ccccc21)OCC. The van der Waals surface area contributed by atoms with Gasteiger partial charge in [0.2, 0.25) is 0 Å². The molecule has 0 atom stereocenters. The molecule has 4 rings (SSSR count). The minimum atomic E-state index is -0.279. The predicted molar refractivity (Wildman–Crippen MR) is 114 cm³/mol. The van der Waals surface area contributed by atoms with Gasteiger partial charge in [-0.1, -0.05) is 54.6 Å². The molecule has 0 fully saturated rings. The highest BCUT2D eigenvalue weighted by Gasteiger charge is 2.17. The first-order chi connectivity index (χ1) is 13.8. The third-order valence-electron chi connectivity index (χ3n) is 5.00. The van der Waals surface area contributed by atoms with E-state index in [1.807, 2.05) is 19.9 Å². The predicted octanol–water partition coefficient (Wildman–Crippen LogP) is 5.18. The first-order valence-electron chi connectivity index (χ1n) is 9.94. The monoisotopic (exact) mass is 374 g/mol. The second-order valence-corrected chi connectivity index (χ2v) is 6.78. The Bertz CT molecular complexity index is 1060. The van der Waals surface area contributed by atoms with Crippen LogP contribution in [0.5, 0.6) is 0 Å². The molecule has 4 aromatic rings. The second kappa shape index (κ2) is 8.55. The van der Waals surface area contributed by atoms with E-state index in [1.54, 1.807) is 0 Å². The molecule has 1 aromatic heterocycles. The quantitative estimate of drug-likeness (QED) is 0.399. The van der Waals surface area contributed by atoms with E-state index in [-0.39, 0.29) is 6.29 Å². The van der Waals surface area contributed by atoms with Gasteiger partial charge < -0.3 is 14.0 Å². The van der Waals surface area contributed by atoms with Crippen LogP contribution in [-0.4, -0.2) is 29.1 Å². The van der Waals surface area contributed by atoms with E-state index in [2.05, 4.69) is 65.2 Å². The third kappa shape index (κ3) is 3.79. The molecule has 0 bridgehead atoms. The van der Waals surface area contributed by atoms with Crippen LogP contribution >= 0.6 is 0 Å². The molecule has 28 heavy (non-hydrogen) atoms. The lowest BCUT2D eigenvalue weighted by molar-refractivity contribution is -0.143. The molecule has 3 aromatic carbocycles. The van der Waals surface area contributed by atoms with Crippen molar-refractivity contribution in [1.82, 2.24) is 9.55 Å². The summed E-state index contributed by atoms with van der Waals surface area (Å²) in [6.07, 6.45) is 0.486. The Hall–Kier alpha value is -2.69. The number of ether oxygens (including phenoxy) is 2. The van der Waals surface area contributed by atoms with Crippen LogP contribution in [0.4, 0.5) is 0 Å². The average molecular weight is 374 g/mol. The molecule has 144 valence electrons. The van der Waals surface area contributed by atoms with E-state index in [0.717, 1.165) is 23.3 Å². The summed E-state index contributed by atoms with van der Waals surface area (Å²) in [5, 5.41) is 2.53. The van der Waals surface area contributed by atoms with Crippen molar-refractivity contribution in [2.45, 2.75) is 33.1 Å². The van der Waals surface area contributed by atoms with Crippen LogP contribution in [0.2, 0.25) is 0 Å². The summed E-state index contributed by atoms with van der Waals surface area (Å²) in [6, 6.07) is 23.2. The molecular formula is C24H26N2O2. The van der Waals surface area contributed by atoms with Gasteiger partial charge in [0.25, 0.3) is 0 Å². The van der Waals surface area contributed by atoms with Crippen molar-refractivity contribution in [3.63, 3.8) is 0 Å². The summed E-state index contributed by atoms with van der Waals surface area (Å²) in [7, 11) is 0. The molecule has 0 aliphatic carbocycles. The summed E-state index contributed by atoms with van der Waals surface area (Å²) in [6.45, 7) is 5.86. The number of benzene rings is 3. The summed E-state index contributed by atoms with van der Waals surface area (Å²) >= 11 is 0. The van der Waals surface area contributed by atoms with Gasteiger partial charge in [-0.2, -0.15) is 0 Å². The largest absolute Gasteiger partial charge is 0.351 e. The zero-order chi connectivity index (χ0) is 19.3. The van der Waals surface area contributed by atoms with Crippen LogP contribution in [0, 0.1) is 0 Å². The molecule has 0 spiro atoms. The zero-order valence-corrected chi connectivity index (χ0v) is 16.5. The number of rotatable bonds is 8. The van der Waals surface area contributed by atoms with Crippen LogP contribution in [0.25, 0.3) is 21.8 Å². The van der Waals surface area contributed by atoms with Crippen LogP contribution in [-0.2, 0) is 22.4 Å². The van der Waals surface area contributed by atoms with E-state index in [1.165, 1.54) is 16.3 Å². The number of para-hydroxylation sites is 2. The Morgan fingerprint density at radius 1 is 0.857 bits per heavy atom. The molecule has 0 unspecified atom stereocenters. The van der Waals surface area contributed by atoms with Crippen LogP contribution in [0.1, 0.15) is 25.2 Å². The van der Waals surface area contributed by atoms with Gasteiger partial charge in [-0.05, 0) is 42.3 Å². The molecule has 0 N–H and O–H groups in total. The molecule has 4 nitrogen and oxygen atoms in total. The van der Waals surface area contributed by atoms with E-state index >= 15 is 0 Å².